The Balaban J connectivity index is 2.60. The van der Waals surface area contributed by atoms with Gasteiger partial charge in [-0.1, -0.05) is 0 Å². The number of phenolic OH excluding ortho intramolecular Hbond substituents is 1. The number of rotatable bonds is 5. The smallest absolute Gasteiger partial charge is 0.127 e. The molecule has 0 atom stereocenters. The Labute approximate surface area is 95.2 Å². The lowest BCUT2D eigenvalue weighted by Crippen LogP contribution is -2.42. The van der Waals surface area contributed by atoms with Crippen molar-refractivity contribution in [3.63, 3.8) is 0 Å². The minimum absolute atomic E-state index is 0.0543. The summed E-state index contributed by atoms with van der Waals surface area (Å²) in [6.45, 7) is 5.04. The first-order valence-corrected chi connectivity index (χ1v) is 5.15. The maximum absolute atomic E-state index is 13.0. The van der Waals surface area contributed by atoms with Crippen LogP contribution in [0.2, 0.25) is 0 Å². The molecule has 4 heteroatoms. The Morgan fingerprint density at radius 1 is 1.38 bits per heavy atom. The Morgan fingerprint density at radius 3 is 2.62 bits per heavy atom. The van der Waals surface area contributed by atoms with Crippen molar-refractivity contribution in [1.29, 1.82) is 0 Å². The van der Waals surface area contributed by atoms with Gasteiger partial charge in [0.05, 0.1) is 6.61 Å². The first-order valence-electron chi connectivity index (χ1n) is 5.15. The molecule has 0 heterocycles. The van der Waals surface area contributed by atoms with E-state index in [-0.39, 0.29) is 11.3 Å². The Hall–Kier alpha value is -1.13. The topological polar surface area (TPSA) is 41.5 Å². The molecule has 0 saturated carbocycles. The molecular weight excluding hydrogens is 209 g/mol. The zero-order valence-electron chi connectivity index (χ0n) is 9.88. The number of methoxy groups -OCH3 is 1. The molecule has 0 bridgehead atoms. The van der Waals surface area contributed by atoms with E-state index in [0.717, 1.165) is 6.07 Å². The van der Waals surface area contributed by atoms with Crippen LogP contribution in [0.1, 0.15) is 19.4 Å². The first-order chi connectivity index (χ1) is 7.43. The van der Waals surface area contributed by atoms with Crippen molar-refractivity contribution in [3.8, 4) is 5.75 Å². The average molecular weight is 227 g/mol. The van der Waals surface area contributed by atoms with Crippen molar-refractivity contribution in [3.05, 3.63) is 29.6 Å². The Bertz CT molecular complexity index is 333. The van der Waals surface area contributed by atoms with Gasteiger partial charge in [-0.2, -0.15) is 0 Å². The molecule has 1 rings (SSSR count). The normalized spacial score (nSPS) is 11.8. The Kier molecular flexibility index (Phi) is 4.26. The van der Waals surface area contributed by atoms with Crippen LogP contribution in [0.4, 0.5) is 4.39 Å². The molecule has 0 radical (unpaired) electrons. The van der Waals surface area contributed by atoms with Crippen LogP contribution < -0.4 is 5.32 Å². The minimum Gasteiger partial charge on any atom is -0.508 e. The van der Waals surface area contributed by atoms with Crippen molar-refractivity contribution in [2.75, 3.05) is 13.7 Å². The van der Waals surface area contributed by atoms with Gasteiger partial charge in [-0.15, -0.1) is 0 Å². The lowest BCUT2D eigenvalue weighted by molar-refractivity contribution is 0.127. The number of halogens is 1. The highest BCUT2D eigenvalue weighted by molar-refractivity contribution is 5.28. The number of benzene rings is 1. The van der Waals surface area contributed by atoms with E-state index in [1.807, 2.05) is 13.8 Å². The fraction of sp³-hybridized carbons (Fsp3) is 0.500. The molecule has 1 aromatic rings. The molecule has 0 saturated heterocycles. The van der Waals surface area contributed by atoms with Crippen LogP contribution in [0.5, 0.6) is 5.75 Å². The summed E-state index contributed by atoms with van der Waals surface area (Å²) in [6.07, 6.45) is 0. The van der Waals surface area contributed by atoms with E-state index >= 15 is 0 Å². The molecule has 0 aliphatic rings. The van der Waals surface area contributed by atoms with Crippen molar-refractivity contribution in [2.45, 2.75) is 25.9 Å². The first kappa shape index (κ1) is 12.9. The van der Waals surface area contributed by atoms with E-state index in [4.69, 9.17) is 4.74 Å². The second kappa shape index (κ2) is 5.27. The highest BCUT2D eigenvalue weighted by atomic mass is 19.1. The largest absolute Gasteiger partial charge is 0.508 e. The van der Waals surface area contributed by atoms with Crippen LogP contribution in [0.15, 0.2) is 18.2 Å². The fourth-order valence-electron chi connectivity index (χ4n) is 1.49. The molecule has 1 aromatic carbocycles. The predicted molar refractivity (Wildman–Crippen MR) is 60.9 cm³/mol. The van der Waals surface area contributed by atoms with E-state index in [1.165, 1.54) is 6.07 Å². The molecule has 90 valence electrons. The average Bonchev–Trinajstić information content (AvgIpc) is 2.13. The number of aromatic hydroxyl groups is 1. The monoisotopic (exact) mass is 227 g/mol. The molecule has 16 heavy (non-hydrogen) atoms. The summed E-state index contributed by atoms with van der Waals surface area (Å²) in [5.74, 6) is -0.484. The van der Waals surface area contributed by atoms with Gasteiger partial charge >= 0.3 is 0 Å². The third-order valence-electron chi connectivity index (χ3n) is 2.22. The van der Waals surface area contributed by atoms with Gasteiger partial charge in [0.15, 0.2) is 0 Å². The quantitative estimate of drug-likeness (QED) is 0.809. The molecular formula is C12H18FNO2. The van der Waals surface area contributed by atoms with Gasteiger partial charge in [0, 0.05) is 25.3 Å². The third-order valence-corrected chi connectivity index (χ3v) is 2.22. The molecule has 0 aromatic heterocycles. The molecule has 2 N–H and O–H groups in total. The lowest BCUT2D eigenvalue weighted by atomic mass is 10.1. The molecule has 0 aliphatic carbocycles. The summed E-state index contributed by atoms with van der Waals surface area (Å²) in [6, 6.07) is 4.03. The van der Waals surface area contributed by atoms with E-state index in [2.05, 4.69) is 5.32 Å². The van der Waals surface area contributed by atoms with Crippen LogP contribution >= 0.6 is 0 Å². The minimum atomic E-state index is -0.429. The lowest BCUT2D eigenvalue weighted by Gasteiger charge is -2.25. The maximum atomic E-state index is 13.0. The van der Waals surface area contributed by atoms with Gasteiger partial charge in [-0.25, -0.2) is 4.39 Å². The second-order valence-corrected chi connectivity index (χ2v) is 4.49. The van der Waals surface area contributed by atoms with Crippen molar-refractivity contribution in [2.24, 2.45) is 0 Å². The molecule has 0 aliphatic heterocycles. The highest BCUT2D eigenvalue weighted by Gasteiger charge is 2.16. The van der Waals surface area contributed by atoms with Crippen molar-refractivity contribution in [1.82, 2.24) is 5.32 Å². The van der Waals surface area contributed by atoms with Crippen LogP contribution in [-0.4, -0.2) is 24.4 Å². The van der Waals surface area contributed by atoms with Gasteiger partial charge < -0.3 is 15.2 Å². The third kappa shape index (κ3) is 4.16. The summed E-state index contributed by atoms with van der Waals surface area (Å²) in [5.41, 5.74) is 0.526. The number of ether oxygens (including phenoxy) is 1. The molecule has 0 spiro atoms. The van der Waals surface area contributed by atoms with Gasteiger partial charge in [0.2, 0.25) is 0 Å². The summed E-state index contributed by atoms with van der Waals surface area (Å²) >= 11 is 0. The van der Waals surface area contributed by atoms with Gasteiger partial charge in [-0.3, -0.25) is 0 Å². The van der Waals surface area contributed by atoms with Crippen molar-refractivity contribution >= 4 is 0 Å². The summed E-state index contributed by atoms with van der Waals surface area (Å²) in [5, 5.41) is 12.5. The summed E-state index contributed by atoms with van der Waals surface area (Å²) in [4.78, 5) is 0. The molecule has 0 unspecified atom stereocenters. The standard InChI is InChI=1S/C12H18FNO2/c1-12(2,8-16-3)14-7-9-4-10(13)6-11(15)5-9/h4-6,14-15H,7-8H2,1-3H3. The van der Waals surface area contributed by atoms with Gasteiger partial charge in [-0.05, 0) is 31.5 Å². The van der Waals surface area contributed by atoms with Crippen LogP contribution in [0, 0.1) is 5.82 Å². The predicted octanol–water partition coefficient (Wildman–Crippen LogP) is 2.05. The maximum Gasteiger partial charge on any atom is 0.127 e. The van der Waals surface area contributed by atoms with E-state index in [0.29, 0.717) is 18.7 Å². The van der Waals surface area contributed by atoms with Crippen LogP contribution in [-0.2, 0) is 11.3 Å². The Morgan fingerprint density at radius 2 is 2.06 bits per heavy atom. The highest BCUT2D eigenvalue weighted by Crippen LogP contribution is 2.15. The molecule has 0 amide bonds. The zero-order valence-corrected chi connectivity index (χ0v) is 9.88. The summed E-state index contributed by atoms with van der Waals surface area (Å²) < 4.78 is 18.0. The SMILES string of the molecule is COCC(C)(C)NCc1cc(O)cc(F)c1. The number of phenols is 1. The fourth-order valence-corrected chi connectivity index (χ4v) is 1.49. The van der Waals surface area contributed by atoms with Crippen LogP contribution in [0.25, 0.3) is 0 Å². The van der Waals surface area contributed by atoms with Crippen LogP contribution in [0.3, 0.4) is 0 Å². The molecule has 0 fully saturated rings. The van der Waals surface area contributed by atoms with E-state index < -0.39 is 5.82 Å². The number of hydrogen-bond acceptors (Lipinski definition) is 3. The van der Waals surface area contributed by atoms with E-state index in [1.54, 1.807) is 13.2 Å². The van der Waals surface area contributed by atoms with Gasteiger partial charge in [0.1, 0.15) is 11.6 Å². The van der Waals surface area contributed by atoms with Gasteiger partial charge in [0.25, 0.3) is 0 Å². The number of nitrogens with one attached hydrogen (secondary N) is 1. The zero-order chi connectivity index (χ0) is 12.2. The number of hydrogen-bond donors (Lipinski definition) is 2. The van der Waals surface area contributed by atoms with E-state index in [9.17, 15) is 9.50 Å². The second-order valence-electron chi connectivity index (χ2n) is 4.49. The molecule has 3 nitrogen and oxygen atoms in total. The summed E-state index contributed by atoms with van der Waals surface area (Å²) in [7, 11) is 1.64. The van der Waals surface area contributed by atoms with Crippen molar-refractivity contribution < 1.29 is 14.2 Å².